The number of non-ortho nitro benzene ring substituents is 1. The standard InChI is InChI=1S/C18H13N3O5/c1-12(22)26-17-4-2-3-13(10-17)9-14(11-19)18(23)20-15-5-7-16(8-6-15)21(24)25/h2-10H,1H3,(H,20,23)/b14-9+. The van der Waals surface area contributed by atoms with E-state index in [1.165, 1.54) is 43.3 Å². The highest BCUT2D eigenvalue weighted by molar-refractivity contribution is 6.09. The highest BCUT2D eigenvalue weighted by Gasteiger charge is 2.11. The largest absolute Gasteiger partial charge is 0.427 e. The van der Waals surface area contributed by atoms with E-state index >= 15 is 0 Å². The van der Waals surface area contributed by atoms with Gasteiger partial charge in [0.1, 0.15) is 17.4 Å². The number of nitrogens with one attached hydrogen (secondary N) is 1. The lowest BCUT2D eigenvalue weighted by Gasteiger charge is -2.05. The second kappa shape index (κ2) is 8.21. The quantitative estimate of drug-likeness (QED) is 0.221. The number of anilines is 1. The van der Waals surface area contributed by atoms with Crippen molar-refractivity contribution in [3.05, 3.63) is 69.8 Å². The van der Waals surface area contributed by atoms with Gasteiger partial charge in [-0.3, -0.25) is 19.7 Å². The van der Waals surface area contributed by atoms with E-state index in [4.69, 9.17) is 4.74 Å². The first-order chi connectivity index (χ1) is 12.4. The summed E-state index contributed by atoms with van der Waals surface area (Å²) < 4.78 is 4.95. The highest BCUT2D eigenvalue weighted by Crippen LogP contribution is 2.18. The van der Waals surface area contributed by atoms with E-state index in [9.17, 15) is 25.0 Å². The van der Waals surface area contributed by atoms with Crippen LogP contribution in [0.1, 0.15) is 12.5 Å². The minimum atomic E-state index is -0.667. The van der Waals surface area contributed by atoms with Crippen LogP contribution in [0.2, 0.25) is 0 Å². The summed E-state index contributed by atoms with van der Waals surface area (Å²) >= 11 is 0. The number of nitrogens with zero attached hydrogens (tertiary/aromatic N) is 2. The number of hydrogen-bond acceptors (Lipinski definition) is 6. The minimum absolute atomic E-state index is 0.110. The van der Waals surface area contributed by atoms with Gasteiger partial charge in [0.15, 0.2) is 0 Å². The highest BCUT2D eigenvalue weighted by atomic mass is 16.6. The fraction of sp³-hybridized carbons (Fsp3) is 0.0556. The lowest BCUT2D eigenvalue weighted by molar-refractivity contribution is -0.384. The number of amides is 1. The average molecular weight is 351 g/mol. The molecule has 130 valence electrons. The zero-order valence-electron chi connectivity index (χ0n) is 13.6. The van der Waals surface area contributed by atoms with Gasteiger partial charge in [-0.25, -0.2) is 0 Å². The molecule has 8 heteroatoms. The summed E-state index contributed by atoms with van der Waals surface area (Å²) in [5.41, 5.74) is 0.527. The second-order valence-electron chi connectivity index (χ2n) is 5.09. The van der Waals surface area contributed by atoms with Crippen molar-refractivity contribution >= 4 is 29.3 Å². The van der Waals surface area contributed by atoms with Crippen LogP contribution in [0.25, 0.3) is 6.08 Å². The Labute approximate surface area is 148 Å². The Morgan fingerprint density at radius 2 is 1.92 bits per heavy atom. The van der Waals surface area contributed by atoms with Gasteiger partial charge in [0.2, 0.25) is 0 Å². The molecular formula is C18H13N3O5. The molecule has 0 saturated heterocycles. The van der Waals surface area contributed by atoms with E-state index < -0.39 is 16.8 Å². The fourth-order valence-electron chi connectivity index (χ4n) is 2.01. The van der Waals surface area contributed by atoms with Crippen LogP contribution in [0.4, 0.5) is 11.4 Å². The maximum Gasteiger partial charge on any atom is 0.308 e. The molecule has 0 aliphatic heterocycles. The third-order valence-electron chi connectivity index (χ3n) is 3.13. The van der Waals surface area contributed by atoms with Crippen LogP contribution in [0, 0.1) is 21.4 Å². The van der Waals surface area contributed by atoms with Gasteiger partial charge in [0.25, 0.3) is 11.6 Å². The number of esters is 1. The Balaban J connectivity index is 2.18. The smallest absolute Gasteiger partial charge is 0.308 e. The molecule has 1 N–H and O–H groups in total. The maximum absolute atomic E-state index is 12.2. The van der Waals surface area contributed by atoms with Crippen LogP contribution in [0.3, 0.4) is 0 Å². The molecular weight excluding hydrogens is 338 g/mol. The Morgan fingerprint density at radius 3 is 2.50 bits per heavy atom. The third-order valence-corrected chi connectivity index (χ3v) is 3.13. The van der Waals surface area contributed by atoms with Crippen LogP contribution in [0.5, 0.6) is 5.75 Å². The summed E-state index contributed by atoms with van der Waals surface area (Å²) in [5.74, 6) is -0.860. The van der Waals surface area contributed by atoms with Crippen molar-refractivity contribution < 1.29 is 19.2 Å². The van der Waals surface area contributed by atoms with Crippen molar-refractivity contribution in [2.75, 3.05) is 5.32 Å². The van der Waals surface area contributed by atoms with Crippen molar-refractivity contribution in [3.8, 4) is 11.8 Å². The molecule has 2 aromatic rings. The van der Waals surface area contributed by atoms with Gasteiger partial charge in [-0.1, -0.05) is 12.1 Å². The van der Waals surface area contributed by atoms with E-state index in [-0.39, 0.29) is 11.3 Å². The van der Waals surface area contributed by atoms with Crippen molar-refractivity contribution in [1.82, 2.24) is 0 Å². The number of carbonyl (C=O) groups is 2. The number of nitro groups is 1. The Hall–Kier alpha value is -3.99. The third kappa shape index (κ3) is 5.01. The molecule has 0 bridgehead atoms. The molecule has 2 rings (SSSR count). The molecule has 0 saturated carbocycles. The number of rotatable bonds is 5. The van der Waals surface area contributed by atoms with Crippen molar-refractivity contribution in [2.45, 2.75) is 6.92 Å². The summed E-state index contributed by atoms with van der Waals surface area (Å²) in [5, 5.41) is 22.3. The Bertz CT molecular complexity index is 927. The predicted octanol–water partition coefficient (Wildman–Crippen LogP) is 3.07. The lowest BCUT2D eigenvalue weighted by Crippen LogP contribution is -2.13. The van der Waals surface area contributed by atoms with Gasteiger partial charge in [-0.2, -0.15) is 5.26 Å². The molecule has 0 radical (unpaired) electrons. The van der Waals surface area contributed by atoms with Gasteiger partial charge >= 0.3 is 5.97 Å². The molecule has 0 heterocycles. The number of ether oxygens (including phenoxy) is 1. The molecule has 0 fully saturated rings. The number of nitriles is 1. The van der Waals surface area contributed by atoms with E-state index in [0.29, 0.717) is 17.0 Å². The summed E-state index contributed by atoms with van der Waals surface area (Å²) in [6.07, 6.45) is 1.34. The molecule has 0 unspecified atom stereocenters. The molecule has 0 aliphatic rings. The van der Waals surface area contributed by atoms with Gasteiger partial charge < -0.3 is 10.1 Å². The number of hydrogen-bond donors (Lipinski definition) is 1. The maximum atomic E-state index is 12.2. The molecule has 2 aromatic carbocycles. The first-order valence-electron chi connectivity index (χ1n) is 7.35. The molecule has 0 aromatic heterocycles. The number of nitro benzene ring substituents is 1. The normalized spacial score (nSPS) is 10.5. The molecule has 26 heavy (non-hydrogen) atoms. The van der Waals surface area contributed by atoms with E-state index in [0.717, 1.165) is 0 Å². The second-order valence-corrected chi connectivity index (χ2v) is 5.09. The van der Waals surface area contributed by atoms with Gasteiger partial charge in [0.05, 0.1) is 4.92 Å². The van der Waals surface area contributed by atoms with Gasteiger partial charge in [-0.05, 0) is 35.9 Å². The van der Waals surface area contributed by atoms with Crippen molar-refractivity contribution in [2.24, 2.45) is 0 Å². The first kappa shape index (κ1) is 18.4. The topological polar surface area (TPSA) is 122 Å². The fourth-order valence-corrected chi connectivity index (χ4v) is 2.01. The summed E-state index contributed by atoms with van der Waals surface area (Å²) in [6.45, 7) is 1.26. The van der Waals surface area contributed by atoms with Crippen LogP contribution in [0.15, 0.2) is 54.1 Å². The van der Waals surface area contributed by atoms with E-state index in [1.807, 2.05) is 0 Å². The van der Waals surface area contributed by atoms with Crippen LogP contribution in [-0.2, 0) is 9.59 Å². The lowest BCUT2D eigenvalue weighted by atomic mass is 10.1. The van der Waals surface area contributed by atoms with Crippen molar-refractivity contribution in [1.29, 1.82) is 5.26 Å². The minimum Gasteiger partial charge on any atom is -0.427 e. The molecule has 0 aliphatic carbocycles. The van der Waals surface area contributed by atoms with Crippen LogP contribution >= 0.6 is 0 Å². The summed E-state index contributed by atoms with van der Waals surface area (Å²) in [6, 6.07) is 13.4. The number of carbonyl (C=O) groups excluding carboxylic acids is 2. The van der Waals surface area contributed by atoms with E-state index in [2.05, 4.69) is 5.32 Å². The molecule has 1 amide bonds. The molecule has 0 spiro atoms. The predicted molar refractivity (Wildman–Crippen MR) is 93.1 cm³/mol. The Morgan fingerprint density at radius 1 is 1.23 bits per heavy atom. The zero-order chi connectivity index (χ0) is 19.1. The van der Waals surface area contributed by atoms with Crippen LogP contribution < -0.4 is 10.1 Å². The first-order valence-corrected chi connectivity index (χ1v) is 7.35. The van der Waals surface area contributed by atoms with Crippen LogP contribution in [-0.4, -0.2) is 16.8 Å². The van der Waals surface area contributed by atoms with Gasteiger partial charge in [0, 0.05) is 24.7 Å². The van der Waals surface area contributed by atoms with E-state index in [1.54, 1.807) is 24.3 Å². The monoisotopic (exact) mass is 351 g/mol. The number of benzene rings is 2. The van der Waals surface area contributed by atoms with Crippen molar-refractivity contribution in [3.63, 3.8) is 0 Å². The zero-order valence-corrected chi connectivity index (χ0v) is 13.6. The SMILES string of the molecule is CC(=O)Oc1cccc(/C=C(\C#N)C(=O)Nc2ccc([N+](=O)[O-])cc2)c1. The molecule has 8 nitrogen and oxygen atoms in total. The summed E-state index contributed by atoms with van der Waals surface area (Å²) in [7, 11) is 0. The molecule has 0 atom stereocenters. The average Bonchev–Trinajstić information content (AvgIpc) is 2.59. The Kier molecular flexibility index (Phi) is 5.79. The summed E-state index contributed by atoms with van der Waals surface area (Å²) in [4.78, 5) is 33.3. The van der Waals surface area contributed by atoms with Gasteiger partial charge in [-0.15, -0.1) is 0 Å².